The second kappa shape index (κ2) is 9.61. The van der Waals surface area contributed by atoms with Gasteiger partial charge >= 0.3 is 0 Å². The van der Waals surface area contributed by atoms with E-state index in [1.54, 1.807) is 0 Å². The molecule has 7 rings (SSSR count). The van der Waals surface area contributed by atoms with E-state index in [0.717, 1.165) is 51.8 Å². The Morgan fingerprint density at radius 1 is 0.825 bits per heavy atom. The Hall–Kier alpha value is -5.04. The molecule has 5 aromatic rings. The molecule has 0 unspecified atom stereocenters. The number of nitrogens with zero attached hydrogens (tertiary/aromatic N) is 5. The molecule has 0 saturated heterocycles. The Labute approximate surface area is 232 Å². The van der Waals surface area contributed by atoms with Gasteiger partial charge in [-0.05, 0) is 73.0 Å². The van der Waals surface area contributed by atoms with Gasteiger partial charge in [0.1, 0.15) is 5.82 Å². The third-order valence-electron chi connectivity index (χ3n) is 7.45. The van der Waals surface area contributed by atoms with Crippen LogP contribution in [0.25, 0.3) is 5.69 Å². The van der Waals surface area contributed by atoms with Gasteiger partial charge in [-0.1, -0.05) is 61.5 Å². The first-order valence-electron chi connectivity index (χ1n) is 13.4. The summed E-state index contributed by atoms with van der Waals surface area (Å²) in [6.07, 6.45) is 0.972. The lowest BCUT2D eigenvalue weighted by Gasteiger charge is -2.40. The van der Waals surface area contributed by atoms with E-state index in [4.69, 9.17) is 15.1 Å². The summed E-state index contributed by atoms with van der Waals surface area (Å²) >= 11 is 0. The van der Waals surface area contributed by atoms with Crippen LogP contribution in [-0.4, -0.2) is 21.5 Å². The number of aryl methyl sites for hydroxylation is 2. The first-order chi connectivity index (χ1) is 19.6. The Balaban J connectivity index is 1.47. The maximum Gasteiger partial charge on any atom is 0.179 e. The maximum absolute atomic E-state index is 14.1. The fraction of sp³-hybridized carbons (Fsp3) is 0.121. The summed E-state index contributed by atoms with van der Waals surface area (Å²) < 4.78 is 16.0. The van der Waals surface area contributed by atoms with Crippen molar-refractivity contribution >= 4 is 34.6 Å². The van der Waals surface area contributed by atoms with E-state index in [-0.39, 0.29) is 11.9 Å². The van der Waals surface area contributed by atoms with Crippen LogP contribution in [0, 0.1) is 12.7 Å². The highest BCUT2D eigenvalue weighted by atomic mass is 19.1. The third kappa shape index (κ3) is 3.98. The van der Waals surface area contributed by atoms with Gasteiger partial charge in [-0.15, -0.1) is 0 Å². The van der Waals surface area contributed by atoms with Gasteiger partial charge in [-0.25, -0.2) is 19.1 Å². The van der Waals surface area contributed by atoms with E-state index in [1.807, 2.05) is 72.3 Å². The number of hydrogen-bond acceptors (Lipinski definition) is 5. The van der Waals surface area contributed by atoms with Crippen molar-refractivity contribution in [1.82, 2.24) is 9.78 Å². The summed E-state index contributed by atoms with van der Waals surface area (Å²) in [6, 6.07) is 32.8. The summed E-state index contributed by atoms with van der Waals surface area (Å²) in [7, 11) is 0. The van der Waals surface area contributed by atoms with Gasteiger partial charge in [-0.3, -0.25) is 0 Å². The Morgan fingerprint density at radius 3 is 2.30 bits per heavy atom. The SMILES string of the molecule is CCc1ccc(NC2=Nc3ccccc3N3C2=Nc2c(c(C)nn2-c2ccccc2)[C@@H]3c2ccc(F)cc2)cc1. The number of aromatic nitrogens is 2. The van der Waals surface area contributed by atoms with Crippen molar-refractivity contribution in [2.45, 2.75) is 26.3 Å². The maximum atomic E-state index is 14.1. The van der Waals surface area contributed by atoms with E-state index < -0.39 is 0 Å². The van der Waals surface area contributed by atoms with Crippen molar-refractivity contribution in [2.24, 2.45) is 9.98 Å². The minimum atomic E-state index is -0.295. The zero-order valence-electron chi connectivity index (χ0n) is 22.2. The smallest absolute Gasteiger partial charge is 0.179 e. The first kappa shape index (κ1) is 24.0. The fourth-order valence-corrected chi connectivity index (χ4v) is 5.47. The molecule has 0 aliphatic carbocycles. The van der Waals surface area contributed by atoms with Gasteiger partial charge in [-0.2, -0.15) is 5.10 Å². The molecule has 3 heterocycles. The van der Waals surface area contributed by atoms with Crippen LogP contribution in [0.1, 0.15) is 35.3 Å². The molecule has 40 heavy (non-hydrogen) atoms. The normalized spacial score (nSPS) is 15.5. The minimum Gasteiger partial charge on any atom is -0.337 e. The average Bonchev–Trinajstić information content (AvgIpc) is 3.33. The number of para-hydroxylation sites is 3. The minimum absolute atomic E-state index is 0.274. The van der Waals surface area contributed by atoms with Gasteiger partial charge in [0.05, 0.1) is 28.8 Å². The zero-order valence-corrected chi connectivity index (χ0v) is 22.2. The van der Waals surface area contributed by atoms with Crippen LogP contribution < -0.4 is 10.2 Å². The molecule has 0 fully saturated rings. The first-order valence-corrected chi connectivity index (χ1v) is 13.4. The van der Waals surface area contributed by atoms with E-state index in [0.29, 0.717) is 11.7 Å². The molecule has 2 aliphatic heterocycles. The molecule has 4 aromatic carbocycles. The van der Waals surface area contributed by atoms with E-state index in [2.05, 4.69) is 47.5 Å². The highest BCUT2D eigenvalue weighted by Gasteiger charge is 2.41. The second-order valence-corrected chi connectivity index (χ2v) is 9.95. The predicted octanol–water partition coefficient (Wildman–Crippen LogP) is 7.68. The topological polar surface area (TPSA) is 57.8 Å². The summed E-state index contributed by atoms with van der Waals surface area (Å²) in [5, 5.41) is 8.48. The quantitative estimate of drug-likeness (QED) is 0.261. The molecular formula is C33H27FN6. The summed E-state index contributed by atoms with van der Waals surface area (Å²) in [6.45, 7) is 4.15. The zero-order chi connectivity index (χ0) is 27.2. The molecule has 0 radical (unpaired) electrons. The molecule has 0 saturated carbocycles. The van der Waals surface area contributed by atoms with Gasteiger partial charge in [0.2, 0.25) is 0 Å². The molecule has 7 heteroatoms. The van der Waals surface area contributed by atoms with Crippen molar-refractivity contribution in [3.63, 3.8) is 0 Å². The van der Waals surface area contributed by atoms with E-state index >= 15 is 0 Å². The Bertz CT molecular complexity index is 1770. The van der Waals surface area contributed by atoms with E-state index in [9.17, 15) is 4.39 Å². The van der Waals surface area contributed by atoms with Crippen LogP contribution in [0.4, 0.5) is 27.3 Å². The van der Waals surface area contributed by atoms with Gasteiger partial charge in [0.25, 0.3) is 0 Å². The van der Waals surface area contributed by atoms with Crippen molar-refractivity contribution in [3.8, 4) is 5.69 Å². The van der Waals surface area contributed by atoms with Gasteiger partial charge in [0, 0.05) is 11.3 Å². The third-order valence-corrected chi connectivity index (χ3v) is 7.45. The molecule has 2 aliphatic rings. The van der Waals surface area contributed by atoms with Gasteiger partial charge < -0.3 is 10.2 Å². The Morgan fingerprint density at radius 2 is 1.55 bits per heavy atom. The number of hydrogen-bond donors (Lipinski definition) is 1. The Kier molecular flexibility index (Phi) is 5.77. The molecule has 196 valence electrons. The van der Waals surface area contributed by atoms with Crippen molar-refractivity contribution in [2.75, 3.05) is 10.2 Å². The van der Waals surface area contributed by atoms with Crippen LogP contribution in [0.5, 0.6) is 0 Å². The van der Waals surface area contributed by atoms with Crippen LogP contribution in [0.15, 0.2) is 113 Å². The molecule has 1 N–H and O–H groups in total. The number of nitrogens with one attached hydrogen (secondary N) is 1. The monoisotopic (exact) mass is 526 g/mol. The second-order valence-electron chi connectivity index (χ2n) is 9.95. The highest BCUT2D eigenvalue weighted by molar-refractivity contribution is 6.51. The number of aliphatic imine (C=N–C) groups is 2. The van der Waals surface area contributed by atoms with Crippen LogP contribution in [-0.2, 0) is 6.42 Å². The summed E-state index contributed by atoms with van der Waals surface area (Å²) in [4.78, 5) is 12.5. The number of fused-ring (bicyclic) bond motifs is 4. The van der Waals surface area contributed by atoms with Crippen molar-refractivity contribution in [1.29, 1.82) is 0 Å². The van der Waals surface area contributed by atoms with E-state index in [1.165, 1.54) is 17.7 Å². The molecule has 6 nitrogen and oxygen atoms in total. The number of halogens is 1. The van der Waals surface area contributed by atoms with Crippen LogP contribution in [0.3, 0.4) is 0 Å². The fourth-order valence-electron chi connectivity index (χ4n) is 5.47. The number of benzene rings is 4. The van der Waals surface area contributed by atoms with Crippen LogP contribution >= 0.6 is 0 Å². The standard InChI is InChI=1S/C33H27FN6/c1-3-22-13-19-25(20-14-22)35-31-33-37-32-29(21(2)38-40(32)26-9-5-4-6-10-26)30(23-15-17-24(34)18-16-23)39(33)28-12-8-7-11-27(28)36-31/h4-20,30H,3H2,1-2H3,(H,35,36)/t30-/m0/s1. The highest BCUT2D eigenvalue weighted by Crippen LogP contribution is 2.48. The molecule has 1 aromatic heterocycles. The molecule has 1 atom stereocenters. The van der Waals surface area contributed by atoms with Gasteiger partial charge in [0.15, 0.2) is 17.5 Å². The summed E-state index contributed by atoms with van der Waals surface area (Å²) in [5.41, 5.74) is 7.65. The number of amidine groups is 2. The average molecular weight is 527 g/mol. The lowest BCUT2D eigenvalue weighted by atomic mass is 9.93. The molecule has 0 amide bonds. The lowest BCUT2D eigenvalue weighted by Crippen LogP contribution is -2.46. The summed E-state index contributed by atoms with van der Waals surface area (Å²) in [5.74, 6) is 1.78. The number of rotatable bonds is 4. The number of anilines is 2. The van der Waals surface area contributed by atoms with Crippen LogP contribution in [0.2, 0.25) is 0 Å². The largest absolute Gasteiger partial charge is 0.337 e. The lowest BCUT2D eigenvalue weighted by molar-refractivity contribution is 0.626. The predicted molar refractivity (Wildman–Crippen MR) is 159 cm³/mol. The molecule has 0 bridgehead atoms. The molecule has 0 spiro atoms. The van der Waals surface area contributed by atoms with Crippen molar-refractivity contribution < 1.29 is 4.39 Å². The van der Waals surface area contributed by atoms with Crippen molar-refractivity contribution in [3.05, 3.63) is 131 Å². The molecular weight excluding hydrogens is 499 g/mol.